The molecular formula is C16H18ClN3O. The number of nitrogens with zero attached hydrogens (tertiary/aromatic N) is 1. The first-order valence-electron chi connectivity index (χ1n) is 6.57. The summed E-state index contributed by atoms with van der Waals surface area (Å²) in [5.74, 6) is -0.416. The predicted molar refractivity (Wildman–Crippen MR) is 88.1 cm³/mol. The first-order valence-corrected chi connectivity index (χ1v) is 6.94. The zero-order chi connectivity index (χ0) is 15.4. The van der Waals surface area contributed by atoms with E-state index in [2.05, 4.69) is 5.32 Å². The third-order valence-corrected chi connectivity index (χ3v) is 3.47. The maximum absolute atomic E-state index is 11.0. The van der Waals surface area contributed by atoms with Gasteiger partial charge in [0.2, 0.25) is 5.91 Å². The summed E-state index contributed by atoms with van der Waals surface area (Å²) in [6.07, 6.45) is 0. The molecule has 0 bridgehead atoms. The van der Waals surface area contributed by atoms with Crippen LogP contribution in [0.2, 0.25) is 5.02 Å². The van der Waals surface area contributed by atoms with Gasteiger partial charge in [0, 0.05) is 31.9 Å². The van der Waals surface area contributed by atoms with Crippen LogP contribution in [-0.2, 0) is 6.54 Å². The fourth-order valence-corrected chi connectivity index (χ4v) is 2.32. The van der Waals surface area contributed by atoms with Crippen LogP contribution in [0.25, 0.3) is 0 Å². The fraction of sp³-hybridized carbons (Fsp3) is 0.188. The SMILES string of the molecule is CN(C)c1ccc(NCc2ccc(C(N)=O)cc2)cc1Cl. The van der Waals surface area contributed by atoms with Crippen LogP contribution in [0, 0.1) is 0 Å². The Morgan fingerprint density at radius 1 is 1.19 bits per heavy atom. The lowest BCUT2D eigenvalue weighted by Crippen LogP contribution is -2.11. The maximum atomic E-state index is 11.0. The number of rotatable bonds is 5. The Bertz CT molecular complexity index is 638. The van der Waals surface area contributed by atoms with Gasteiger partial charge in [0.05, 0.1) is 10.7 Å². The molecule has 1 amide bonds. The van der Waals surface area contributed by atoms with Crippen molar-refractivity contribution < 1.29 is 4.79 Å². The molecular weight excluding hydrogens is 286 g/mol. The highest BCUT2D eigenvalue weighted by Crippen LogP contribution is 2.27. The van der Waals surface area contributed by atoms with E-state index in [-0.39, 0.29) is 0 Å². The van der Waals surface area contributed by atoms with Crippen LogP contribution in [0.15, 0.2) is 42.5 Å². The number of amides is 1. The van der Waals surface area contributed by atoms with Crippen molar-refractivity contribution >= 4 is 28.9 Å². The summed E-state index contributed by atoms with van der Waals surface area (Å²) < 4.78 is 0. The van der Waals surface area contributed by atoms with E-state index in [1.165, 1.54) is 0 Å². The zero-order valence-corrected chi connectivity index (χ0v) is 12.8. The highest BCUT2D eigenvalue weighted by molar-refractivity contribution is 6.33. The van der Waals surface area contributed by atoms with Gasteiger partial charge < -0.3 is 16.0 Å². The molecule has 0 aromatic heterocycles. The normalized spacial score (nSPS) is 10.2. The number of halogens is 1. The molecule has 2 rings (SSSR count). The van der Waals surface area contributed by atoms with Crippen molar-refractivity contribution in [1.82, 2.24) is 0 Å². The van der Waals surface area contributed by atoms with Crippen LogP contribution < -0.4 is 16.0 Å². The van der Waals surface area contributed by atoms with Crippen molar-refractivity contribution in [3.05, 3.63) is 58.6 Å². The molecule has 0 saturated carbocycles. The number of anilines is 2. The Kier molecular flexibility index (Phi) is 4.70. The van der Waals surface area contributed by atoms with E-state index in [9.17, 15) is 4.79 Å². The van der Waals surface area contributed by atoms with Gasteiger partial charge in [0.15, 0.2) is 0 Å². The Labute approximate surface area is 129 Å². The average Bonchev–Trinajstić information content (AvgIpc) is 2.45. The fourth-order valence-electron chi connectivity index (χ4n) is 1.97. The molecule has 0 fully saturated rings. The van der Waals surface area contributed by atoms with Crippen LogP contribution in [0.1, 0.15) is 15.9 Å². The smallest absolute Gasteiger partial charge is 0.248 e. The summed E-state index contributed by atoms with van der Waals surface area (Å²) in [5.41, 5.74) is 8.71. The van der Waals surface area contributed by atoms with Crippen molar-refractivity contribution in [2.75, 3.05) is 24.3 Å². The van der Waals surface area contributed by atoms with Gasteiger partial charge in [-0.15, -0.1) is 0 Å². The lowest BCUT2D eigenvalue weighted by molar-refractivity contribution is 0.100. The van der Waals surface area contributed by atoms with Gasteiger partial charge in [-0.2, -0.15) is 0 Å². The van der Waals surface area contributed by atoms with Gasteiger partial charge in [-0.05, 0) is 35.9 Å². The summed E-state index contributed by atoms with van der Waals surface area (Å²) in [5, 5.41) is 4.00. The highest BCUT2D eigenvalue weighted by Gasteiger charge is 2.04. The lowest BCUT2D eigenvalue weighted by atomic mass is 10.1. The van der Waals surface area contributed by atoms with Crippen LogP contribution in [0.3, 0.4) is 0 Å². The second kappa shape index (κ2) is 6.50. The molecule has 0 radical (unpaired) electrons. The van der Waals surface area contributed by atoms with Gasteiger partial charge in [0.25, 0.3) is 0 Å². The first kappa shape index (κ1) is 15.2. The standard InChI is InChI=1S/C16H18ClN3O/c1-20(2)15-8-7-13(9-14(15)17)19-10-11-3-5-12(6-4-11)16(18)21/h3-9,19H,10H2,1-2H3,(H2,18,21). The van der Waals surface area contributed by atoms with E-state index in [0.717, 1.165) is 16.9 Å². The predicted octanol–water partition coefficient (Wildman–Crippen LogP) is 3.12. The summed E-state index contributed by atoms with van der Waals surface area (Å²) in [6, 6.07) is 13.1. The minimum atomic E-state index is -0.416. The molecule has 2 aromatic rings. The minimum Gasteiger partial charge on any atom is -0.381 e. The van der Waals surface area contributed by atoms with E-state index in [4.69, 9.17) is 17.3 Å². The Morgan fingerprint density at radius 3 is 2.38 bits per heavy atom. The Balaban J connectivity index is 2.02. The molecule has 21 heavy (non-hydrogen) atoms. The molecule has 0 aliphatic heterocycles. The largest absolute Gasteiger partial charge is 0.381 e. The number of carbonyl (C=O) groups is 1. The summed E-state index contributed by atoms with van der Waals surface area (Å²) in [4.78, 5) is 13.0. The van der Waals surface area contributed by atoms with Gasteiger partial charge in [-0.3, -0.25) is 4.79 Å². The number of primary amides is 1. The van der Waals surface area contributed by atoms with Gasteiger partial charge in [0.1, 0.15) is 0 Å². The van der Waals surface area contributed by atoms with Crippen molar-refractivity contribution in [2.24, 2.45) is 5.73 Å². The number of nitrogens with two attached hydrogens (primary N) is 1. The number of hydrogen-bond acceptors (Lipinski definition) is 3. The third kappa shape index (κ3) is 3.89. The molecule has 0 aliphatic carbocycles. The second-order valence-corrected chi connectivity index (χ2v) is 5.38. The molecule has 5 heteroatoms. The second-order valence-electron chi connectivity index (χ2n) is 4.98. The molecule has 0 heterocycles. The molecule has 4 nitrogen and oxygen atoms in total. The number of carbonyl (C=O) groups excluding carboxylic acids is 1. The third-order valence-electron chi connectivity index (χ3n) is 3.16. The topological polar surface area (TPSA) is 58.4 Å². The molecule has 0 aliphatic rings. The van der Waals surface area contributed by atoms with Crippen molar-refractivity contribution in [3.63, 3.8) is 0 Å². The van der Waals surface area contributed by atoms with Gasteiger partial charge in [-0.1, -0.05) is 23.7 Å². The van der Waals surface area contributed by atoms with Crippen LogP contribution in [0.5, 0.6) is 0 Å². The molecule has 110 valence electrons. The molecule has 2 aromatic carbocycles. The van der Waals surface area contributed by atoms with E-state index < -0.39 is 5.91 Å². The number of benzene rings is 2. The van der Waals surface area contributed by atoms with E-state index >= 15 is 0 Å². The average molecular weight is 304 g/mol. The van der Waals surface area contributed by atoms with Gasteiger partial charge in [-0.25, -0.2) is 0 Å². The summed E-state index contributed by atoms with van der Waals surface area (Å²) in [7, 11) is 3.91. The summed E-state index contributed by atoms with van der Waals surface area (Å²) in [6.45, 7) is 0.649. The van der Waals surface area contributed by atoms with Gasteiger partial charge >= 0.3 is 0 Å². The van der Waals surface area contributed by atoms with Crippen LogP contribution in [0.4, 0.5) is 11.4 Å². The molecule has 0 atom stereocenters. The number of hydrogen-bond donors (Lipinski definition) is 2. The maximum Gasteiger partial charge on any atom is 0.248 e. The number of nitrogens with one attached hydrogen (secondary N) is 1. The molecule has 3 N–H and O–H groups in total. The lowest BCUT2D eigenvalue weighted by Gasteiger charge is -2.15. The molecule has 0 unspecified atom stereocenters. The van der Waals surface area contributed by atoms with Crippen LogP contribution in [-0.4, -0.2) is 20.0 Å². The Hall–Kier alpha value is -2.20. The Morgan fingerprint density at radius 2 is 1.86 bits per heavy atom. The molecule has 0 spiro atoms. The van der Waals surface area contributed by atoms with E-state index in [0.29, 0.717) is 17.1 Å². The van der Waals surface area contributed by atoms with Crippen molar-refractivity contribution in [3.8, 4) is 0 Å². The van der Waals surface area contributed by atoms with Crippen LogP contribution >= 0.6 is 11.6 Å². The van der Waals surface area contributed by atoms with E-state index in [1.54, 1.807) is 12.1 Å². The van der Waals surface area contributed by atoms with E-state index in [1.807, 2.05) is 49.3 Å². The zero-order valence-electron chi connectivity index (χ0n) is 12.1. The minimum absolute atomic E-state index is 0.416. The first-order chi connectivity index (χ1) is 9.97. The quantitative estimate of drug-likeness (QED) is 0.892. The highest BCUT2D eigenvalue weighted by atomic mass is 35.5. The molecule has 0 saturated heterocycles. The summed E-state index contributed by atoms with van der Waals surface area (Å²) >= 11 is 6.23. The van der Waals surface area contributed by atoms with Crippen molar-refractivity contribution in [1.29, 1.82) is 0 Å². The van der Waals surface area contributed by atoms with Crippen molar-refractivity contribution in [2.45, 2.75) is 6.54 Å². The monoisotopic (exact) mass is 303 g/mol.